The van der Waals surface area contributed by atoms with Gasteiger partial charge in [0.2, 0.25) is 6.41 Å². The van der Waals surface area contributed by atoms with E-state index in [1.54, 1.807) is 7.11 Å². The summed E-state index contributed by atoms with van der Waals surface area (Å²) in [5, 5.41) is 2.63. The van der Waals surface area contributed by atoms with Crippen molar-refractivity contribution in [3.63, 3.8) is 0 Å². The molecule has 3 nitrogen and oxygen atoms in total. The van der Waals surface area contributed by atoms with Crippen molar-refractivity contribution in [3.05, 3.63) is 29.8 Å². The van der Waals surface area contributed by atoms with E-state index in [4.69, 9.17) is 4.74 Å². The quantitative estimate of drug-likeness (QED) is 0.547. The van der Waals surface area contributed by atoms with Crippen LogP contribution in [-0.4, -0.2) is 20.1 Å². The number of nitrogens with one attached hydrogen (secondary N) is 1. The van der Waals surface area contributed by atoms with E-state index >= 15 is 0 Å². The van der Waals surface area contributed by atoms with Gasteiger partial charge in [0, 0.05) is 6.54 Å². The van der Waals surface area contributed by atoms with E-state index in [0.717, 1.165) is 25.0 Å². The molecule has 76 valence electrons. The molecule has 0 saturated heterocycles. The summed E-state index contributed by atoms with van der Waals surface area (Å²) in [7, 11) is 1.67. The smallest absolute Gasteiger partial charge is 0.207 e. The van der Waals surface area contributed by atoms with E-state index in [9.17, 15) is 4.79 Å². The maximum Gasteiger partial charge on any atom is 0.207 e. The number of para-hydroxylation sites is 1. The Morgan fingerprint density at radius 2 is 2.21 bits per heavy atom. The Morgan fingerprint density at radius 3 is 2.93 bits per heavy atom. The van der Waals surface area contributed by atoms with Gasteiger partial charge in [0.25, 0.3) is 0 Å². The van der Waals surface area contributed by atoms with Crippen molar-refractivity contribution in [2.24, 2.45) is 0 Å². The third kappa shape index (κ3) is 3.09. The van der Waals surface area contributed by atoms with Gasteiger partial charge < -0.3 is 10.1 Å². The van der Waals surface area contributed by atoms with Crippen LogP contribution in [0.25, 0.3) is 0 Å². The molecule has 1 aromatic rings. The Hall–Kier alpha value is -1.51. The molecule has 0 unspecified atom stereocenters. The van der Waals surface area contributed by atoms with Crippen LogP contribution in [0.5, 0.6) is 5.75 Å². The Kier molecular flexibility index (Phi) is 4.55. The van der Waals surface area contributed by atoms with Crippen LogP contribution in [0.3, 0.4) is 0 Å². The van der Waals surface area contributed by atoms with Crippen LogP contribution >= 0.6 is 0 Å². The van der Waals surface area contributed by atoms with Crippen LogP contribution in [0.4, 0.5) is 0 Å². The molecule has 0 fully saturated rings. The molecule has 0 aliphatic heterocycles. The largest absolute Gasteiger partial charge is 0.496 e. The summed E-state index contributed by atoms with van der Waals surface area (Å²) in [6, 6.07) is 7.93. The second-order valence-corrected chi connectivity index (χ2v) is 2.99. The van der Waals surface area contributed by atoms with Gasteiger partial charge >= 0.3 is 0 Å². The maximum absolute atomic E-state index is 10.0. The molecule has 1 amide bonds. The predicted molar refractivity (Wildman–Crippen MR) is 55.4 cm³/mol. The highest BCUT2D eigenvalue weighted by atomic mass is 16.5. The Labute approximate surface area is 84.1 Å². The highest BCUT2D eigenvalue weighted by molar-refractivity contribution is 5.45. The maximum atomic E-state index is 10.0. The van der Waals surface area contributed by atoms with Gasteiger partial charge in [-0.2, -0.15) is 0 Å². The fourth-order valence-electron chi connectivity index (χ4n) is 1.35. The van der Waals surface area contributed by atoms with Crippen LogP contribution < -0.4 is 10.1 Å². The lowest BCUT2D eigenvalue weighted by atomic mass is 10.1. The van der Waals surface area contributed by atoms with Gasteiger partial charge in [0.05, 0.1) is 7.11 Å². The number of amides is 1. The molecule has 0 radical (unpaired) electrons. The van der Waals surface area contributed by atoms with Gasteiger partial charge in [0.15, 0.2) is 0 Å². The van der Waals surface area contributed by atoms with Crippen molar-refractivity contribution < 1.29 is 9.53 Å². The number of hydrogen-bond acceptors (Lipinski definition) is 2. The molecule has 3 heteroatoms. The molecular formula is C11H15NO2. The van der Waals surface area contributed by atoms with Crippen LogP contribution in [-0.2, 0) is 11.2 Å². The topological polar surface area (TPSA) is 38.3 Å². The molecule has 0 aromatic heterocycles. The summed E-state index contributed by atoms with van der Waals surface area (Å²) in [6.07, 6.45) is 2.58. The van der Waals surface area contributed by atoms with E-state index < -0.39 is 0 Å². The molecule has 0 atom stereocenters. The molecule has 0 heterocycles. The number of hydrogen-bond donors (Lipinski definition) is 1. The third-order valence-corrected chi connectivity index (χ3v) is 2.04. The monoisotopic (exact) mass is 193 g/mol. The second-order valence-electron chi connectivity index (χ2n) is 2.99. The van der Waals surface area contributed by atoms with Crippen molar-refractivity contribution in [2.75, 3.05) is 13.7 Å². The minimum atomic E-state index is 0.710. The molecule has 0 aliphatic carbocycles. The highest BCUT2D eigenvalue weighted by Gasteiger charge is 1.99. The first kappa shape index (κ1) is 10.6. The molecule has 1 aromatic carbocycles. The first-order valence-corrected chi connectivity index (χ1v) is 4.67. The fraction of sp³-hybridized carbons (Fsp3) is 0.364. The van der Waals surface area contributed by atoms with E-state index in [-0.39, 0.29) is 0 Å². The number of methoxy groups -OCH3 is 1. The second kappa shape index (κ2) is 6.02. The van der Waals surface area contributed by atoms with Crippen molar-refractivity contribution in [2.45, 2.75) is 12.8 Å². The van der Waals surface area contributed by atoms with Crippen molar-refractivity contribution in [1.29, 1.82) is 0 Å². The standard InChI is InChI=1S/C11H15NO2/c1-14-11-7-3-2-5-10(11)6-4-8-12-9-13/h2-3,5,7,9H,4,6,8H2,1H3,(H,12,13). The summed E-state index contributed by atoms with van der Waals surface area (Å²) in [5.74, 6) is 0.915. The van der Waals surface area contributed by atoms with Crippen LogP contribution in [0, 0.1) is 0 Å². The van der Waals surface area contributed by atoms with E-state index in [1.807, 2.05) is 24.3 Å². The summed E-state index contributed by atoms with van der Waals surface area (Å²) in [4.78, 5) is 10.0. The lowest BCUT2D eigenvalue weighted by molar-refractivity contribution is -0.109. The SMILES string of the molecule is COc1ccccc1CCCNC=O. The predicted octanol–water partition coefficient (Wildman–Crippen LogP) is 1.37. The zero-order valence-corrected chi connectivity index (χ0v) is 8.32. The average Bonchev–Trinajstić information content (AvgIpc) is 2.25. The number of aryl methyl sites for hydroxylation is 1. The lowest BCUT2D eigenvalue weighted by Crippen LogP contribution is -2.12. The Bertz CT molecular complexity index is 286. The highest BCUT2D eigenvalue weighted by Crippen LogP contribution is 2.18. The lowest BCUT2D eigenvalue weighted by Gasteiger charge is -2.07. The van der Waals surface area contributed by atoms with Crippen molar-refractivity contribution in [3.8, 4) is 5.75 Å². The first-order valence-electron chi connectivity index (χ1n) is 4.67. The van der Waals surface area contributed by atoms with Gasteiger partial charge in [-0.05, 0) is 24.5 Å². The number of carbonyl (C=O) groups excluding carboxylic acids is 1. The van der Waals surface area contributed by atoms with E-state index in [0.29, 0.717) is 6.54 Å². The molecular weight excluding hydrogens is 178 g/mol. The fourth-order valence-corrected chi connectivity index (χ4v) is 1.35. The zero-order chi connectivity index (χ0) is 10.2. The Morgan fingerprint density at radius 1 is 1.43 bits per heavy atom. The molecule has 14 heavy (non-hydrogen) atoms. The molecule has 0 saturated carbocycles. The number of carbonyl (C=O) groups is 1. The average molecular weight is 193 g/mol. The Balaban J connectivity index is 2.44. The van der Waals surface area contributed by atoms with Gasteiger partial charge in [0.1, 0.15) is 5.75 Å². The summed E-state index contributed by atoms with van der Waals surface area (Å²) < 4.78 is 5.21. The molecule has 1 N–H and O–H groups in total. The first-order chi connectivity index (χ1) is 6.88. The normalized spacial score (nSPS) is 9.50. The molecule has 1 rings (SSSR count). The van der Waals surface area contributed by atoms with Gasteiger partial charge in [-0.25, -0.2) is 0 Å². The molecule has 0 bridgehead atoms. The van der Waals surface area contributed by atoms with Crippen molar-refractivity contribution >= 4 is 6.41 Å². The zero-order valence-electron chi connectivity index (χ0n) is 8.32. The number of rotatable bonds is 6. The molecule has 0 spiro atoms. The summed E-state index contributed by atoms with van der Waals surface area (Å²) in [5.41, 5.74) is 1.18. The van der Waals surface area contributed by atoms with E-state index in [1.165, 1.54) is 5.56 Å². The van der Waals surface area contributed by atoms with Crippen molar-refractivity contribution in [1.82, 2.24) is 5.32 Å². The van der Waals surface area contributed by atoms with Gasteiger partial charge in [-0.15, -0.1) is 0 Å². The summed E-state index contributed by atoms with van der Waals surface area (Å²) in [6.45, 7) is 0.710. The van der Waals surface area contributed by atoms with Gasteiger partial charge in [-0.1, -0.05) is 18.2 Å². The number of ether oxygens (including phenoxy) is 1. The minimum absolute atomic E-state index is 0.710. The van der Waals surface area contributed by atoms with Gasteiger partial charge in [-0.3, -0.25) is 4.79 Å². The van der Waals surface area contributed by atoms with E-state index in [2.05, 4.69) is 5.32 Å². The van der Waals surface area contributed by atoms with Crippen LogP contribution in [0.2, 0.25) is 0 Å². The summed E-state index contributed by atoms with van der Waals surface area (Å²) >= 11 is 0. The third-order valence-electron chi connectivity index (χ3n) is 2.04. The minimum Gasteiger partial charge on any atom is -0.496 e. The number of benzene rings is 1. The van der Waals surface area contributed by atoms with Crippen LogP contribution in [0.15, 0.2) is 24.3 Å². The molecule has 0 aliphatic rings. The van der Waals surface area contributed by atoms with Crippen LogP contribution in [0.1, 0.15) is 12.0 Å².